The van der Waals surface area contributed by atoms with E-state index in [4.69, 9.17) is 14.2 Å². The molecule has 0 bridgehead atoms. The maximum absolute atomic E-state index is 12.4. The molecular weight excluding hydrogens is 506 g/mol. The first-order valence-corrected chi connectivity index (χ1v) is 14.0. The fraction of sp³-hybridized carbons (Fsp3) is 0.394. The van der Waals surface area contributed by atoms with Crippen molar-refractivity contribution in [2.75, 3.05) is 6.61 Å². The molecule has 0 heterocycles. The first kappa shape index (κ1) is 29.3. The van der Waals surface area contributed by atoms with Crippen LogP contribution in [-0.2, 0) is 27.5 Å². The maximum atomic E-state index is 12.4. The lowest BCUT2D eigenvalue weighted by Crippen LogP contribution is -2.48. The molecule has 0 aliphatic heterocycles. The molecule has 2 N–H and O–H groups in total. The number of nitrogens with one attached hydrogen (secondary N) is 1. The molecule has 0 spiro atoms. The van der Waals surface area contributed by atoms with Crippen LogP contribution in [0.4, 0.5) is 4.79 Å². The van der Waals surface area contributed by atoms with E-state index in [1.165, 1.54) is 12.5 Å². The molecule has 2 atom stereocenters. The van der Waals surface area contributed by atoms with Crippen LogP contribution in [0.1, 0.15) is 61.6 Å². The third-order valence-corrected chi connectivity index (χ3v) is 7.26. The molecule has 0 radical (unpaired) electrons. The van der Waals surface area contributed by atoms with Crippen molar-refractivity contribution in [2.45, 2.75) is 76.4 Å². The van der Waals surface area contributed by atoms with Crippen molar-refractivity contribution >= 4 is 11.9 Å². The smallest absolute Gasteiger partial charge is 0.407 e. The molecule has 3 aromatic rings. The zero-order chi connectivity index (χ0) is 28.2. The van der Waals surface area contributed by atoms with E-state index in [0.717, 1.165) is 42.6 Å². The third kappa shape index (κ3) is 9.21. The van der Waals surface area contributed by atoms with Gasteiger partial charge >= 0.3 is 6.09 Å². The first-order chi connectivity index (χ1) is 19.5. The highest BCUT2D eigenvalue weighted by molar-refractivity contribution is 5.76. The minimum absolute atomic E-state index is 0.00261. The summed E-state index contributed by atoms with van der Waals surface area (Å²) in [5.41, 5.74) is 3.21. The molecule has 1 aliphatic carbocycles. The summed E-state index contributed by atoms with van der Waals surface area (Å²) >= 11 is 0. The fourth-order valence-electron chi connectivity index (χ4n) is 5.07. The number of hydrogen-bond donors (Lipinski definition) is 2. The van der Waals surface area contributed by atoms with E-state index in [9.17, 15) is 14.7 Å². The number of carbonyl (C=O) groups is 2. The van der Waals surface area contributed by atoms with Crippen molar-refractivity contribution in [2.24, 2.45) is 0 Å². The quantitative estimate of drug-likeness (QED) is 0.276. The lowest BCUT2D eigenvalue weighted by atomic mass is 9.82. The van der Waals surface area contributed by atoms with Crippen LogP contribution in [0.15, 0.2) is 84.9 Å². The minimum Gasteiger partial charge on any atom is -0.489 e. The SMILES string of the molecule is CC(=O)C[C@H](O)[C@H](COC1CCC(c2ccccc2OCc2ccccc2)CC1)NC(=O)OCc1ccccc1. The number of ether oxygens (including phenoxy) is 3. The van der Waals surface area contributed by atoms with Crippen LogP contribution in [0.5, 0.6) is 5.75 Å². The van der Waals surface area contributed by atoms with E-state index >= 15 is 0 Å². The Morgan fingerprint density at radius 2 is 1.45 bits per heavy atom. The van der Waals surface area contributed by atoms with Gasteiger partial charge in [-0.25, -0.2) is 4.79 Å². The van der Waals surface area contributed by atoms with E-state index in [1.54, 1.807) is 0 Å². The number of hydrogen-bond acceptors (Lipinski definition) is 6. The average molecular weight is 546 g/mol. The molecule has 40 heavy (non-hydrogen) atoms. The van der Waals surface area contributed by atoms with Gasteiger partial charge in [0.05, 0.1) is 24.9 Å². The van der Waals surface area contributed by atoms with Gasteiger partial charge in [-0.3, -0.25) is 4.79 Å². The average Bonchev–Trinajstić information content (AvgIpc) is 2.98. The van der Waals surface area contributed by atoms with Gasteiger partial charge in [0.15, 0.2) is 0 Å². The molecule has 1 amide bonds. The number of aliphatic hydroxyl groups excluding tert-OH is 1. The van der Waals surface area contributed by atoms with Crippen LogP contribution >= 0.6 is 0 Å². The van der Waals surface area contributed by atoms with Crippen molar-refractivity contribution in [3.8, 4) is 5.75 Å². The molecule has 0 aromatic heterocycles. The second-order valence-electron chi connectivity index (χ2n) is 10.4. The number of alkyl carbamates (subject to hydrolysis) is 1. The van der Waals surface area contributed by atoms with Crippen LogP contribution in [0, 0.1) is 0 Å². The van der Waals surface area contributed by atoms with Gasteiger partial charge in [-0.15, -0.1) is 0 Å². The molecule has 3 aromatic carbocycles. The summed E-state index contributed by atoms with van der Waals surface area (Å²) in [6.07, 6.45) is 1.81. The van der Waals surface area contributed by atoms with Crippen LogP contribution in [-0.4, -0.2) is 41.8 Å². The van der Waals surface area contributed by atoms with E-state index in [1.807, 2.05) is 60.7 Å². The predicted octanol–water partition coefficient (Wildman–Crippen LogP) is 5.94. The molecule has 7 heteroatoms. The Morgan fingerprint density at radius 1 is 0.850 bits per heavy atom. The topological polar surface area (TPSA) is 94.1 Å². The number of ketones is 1. The molecule has 4 rings (SSSR count). The number of amides is 1. The highest BCUT2D eigenvalue weighted by atomic mass is 16.5. The van der Waals surface area contributed by atoms with Gasteiger partial charge in [0.1, 0.15) is 24.7 Å². The number of Topliss-reactive ketones (excluding diaryl/α,β-unsaturated/α-hetero) is 1. The van der Waals surface area contributed by atoms with Crippen LogP contribution < -0.4 is 10.1 Å². The summed E-state index contributed by atoms with van der Waals surface area (Å²) in [5, 5.41) is 13.3. The number of benzene rings is 3. The minimum atomic E-state index is -1.06. The number of aliphatic hydroxyl groups is 1. The van der Waals surface area contributed by atoms with E-state index in [-0.39, 0.29) is 31.5 Å². The zero-order valence-electron chi connectivity index (χ0n) is 23.0. The summed E-state index contributed by atoms with van der Waals surface area (Å²) in [4.78, 5) is 24.1. The monoisotopic (exact) mass is 545 g/mol. The predicted molar refractivity (Wildman–Crippen MR) is 153 cm³/mol. The summed E-state index contributed by atoms with van der Waals surface area (Å²) in [5.74, 6) is 1.13. The molecule has 1 fully saturated rings. The molecule has 7 nitrogen and oxygen atoms in total. The standard InChI is InChI=1S/C33H39NO6/c1-24(35)20-31(36)30(34-33(37)40-22-26-12-6-3-7-13-26)23-38-28-18-16-27(17-19-28)29-14-8-9-15-32(29)39-21-25-10-4-2-5-11-25/h2-15,27-28,30-31,36H,16-23H2,1H3,(H,34,37)/t27?,28?,30-,31-/m0/s1. The van der Waals surface area contributed by atoms with Gasteiger partial charge in [-0.1, -0.05) is 78.9 Å². The number of carbonyl (C=O) groups excluding carboxylic acids is 2. The third-order valence-electron chi connectivity index (χ3n) is 7.26. The normalized spacial score (nSPS) is 18.4. The Balaban J connectivity index is 1.27. The van der Waals surface area contributed by atoms with Gasteiger partial charge in [0.25, 0.3) is 0 Å². The molecule has 0 unspecified atom stereocenters. The highest BCUT2D eigenvalue weighted by Crippen LogP contribution is 2.38. The first-order valence-electron chi connectivity index (χ1n) is 14.0. The molecule has 1 aliphatic rings. The van der Waals surface area contributed by atoms with Gasteiger partial charge in [0, 0.05) is 6.42 Å². The van der Waals surface area contributed by atoms with Gasteiger partial charge < -0.3 is 24.6 Å². The summed E-state index contributed by atoms with van der Waals surface area (Å²) in [6.45, 7) is 2.16. The van der Waals surface area contributed by atoms with Crippen molar-refractivity contribution < 1.29 is 28.9 Å². The maximum Gasteiger partial charge on any atom is 0.407 e. The Kier molecular flexibility index (Phi) is 11.1. The van der Waals surface area contributed by atoms with Crippen molar-refractivity contribution in [1.29, 1.82) is 0 Å². The largest absolute Gasteiger partial charge is 0.489 e. The van der Waals surface area contributed by atoms with Gasteiger partial charge in [-0.2, -0.15) is 0 Å². The van der Waals surface area contributed by atoms with Crippen molar-refractivity contribution in [1.82, 2.24) is 5.32 Å². The molecular formula is C33H39NO6. The highest BCUT2D eigenvalue weighted by Gasteiger charge is 2.28. The number of rotatable bonds is 13. The van der Waals surface area contributed by atoms with E-state index < -0.39 is 18.2 Å². The van der Waals surface area contributed by atoms with Gasteiger partial charge in [-0.05, 0) is 61.3 Å². The lowest BCUT2D eigenvalue weighted by molar-refractivity contribution is -0.119. The summed E-state index contributed by atoms with van der Waals surface area (Å²) in [7, 11) is 0. The molecule has 212 valence electrons. The van der Waals surface area contributed by atoms with E-state index in [2.05, 4.69) is 29.6 Å². The van der Waals surface area contributed by atoms with Crippen LogP contribution in [0.2, 0.25) is 0 Å². The summed E-state index contributed by atoms with van der Waals surface area (Å²) < 4.78 is 17.7. The Hall–Kier alpha value is -3.68. The second kappa shape index (κ2) is 15.2. The zero-order valence-corrected chi connectivity index (χ0v) is 23.0. The Labute approximate surface area is 236 Å². The second-order valence-corrected chi connectivity index (χ2v) is 10.4. The summed E-state index contributed by atoms with van der Waals surface area (Å²) in [6, 6.07) is 27.0. The lowest BCUT2D eigenvalue weighted by Gasteiger charge is -2.31. The Bertz CT molecular complexity index is 1190. The van der Waals surface area contributed by atoms with Crippen LogP contribution in [0.25, 0.3) is 0 Å². The fourth-order valence-corrected chi connectivity index (χ4v) is 5.07. The molecule has 0 saturated heterocycles. The van der Waals surface area contributed by atoms with Crippen molar-refractivity contribution in [3.05, 3.63) is 102 Å². The van der Waals surface area contributed by atoms with E-state index in [0.29, 0.717) is 12.5 Å². The van der Waals surface area contributed by atoms with Crippen LogP contribution in [0.3, 0.4) is 0 Å². The number of para-hydroxylation sites is 1. The van der Waals surface area contributed by atoms with Gasteiger partial charge in [0.2, 0.25) is 0 Å². The van der Waals surface area contributed by atoms with Crippen molar-refractivity contribution in [3.63, 3.8) is 0 Å². The Morgan fingerprint density at radius 3 is 2.10 bits per heavy atom. The molecule has 1 saturated carbocycles.